The van der Waals surface area contributed by atoms with Gasteiger partial charge in [-0.1, -0.05) is 53.8 Å². The number of rotatable bonds is 6. The Morgan fingerprint density at radius 1 is 1.36 bits per heavy atom. The van der Waals surface area contributed by atoms with Crippen LogP contribution >= 0.6 is 35.6 Å². The first-order valence-electron chi connectivity index (χ1n) is 9.41. The van der Waals surface area contributed by atoms with Crippen LogP contribution in [-0.2, 0) is 9.59 Å². The molecule has 2 aliphatic rings. The molecule has 0 aromatic heterocycles. The van der Waals surface area contributed by atoms with Crippen molar-refractivity contribution in [3.05, 3.63) is 39.8 Å². The number of piperidine rings is 1. The second kappa shape index (κ2) is 9.87. The molecule has 0 radical (unpaired) electrons. The summed E-state index contributed by atoms with van der Waals surface area (Å²) in [7, 11) is 0. The van der Waals surface area contributed by atoms with E-state index in [2.05, 4.69) is 0 Å². The minimum Gasteiger partial charge on any atom is -0.396 e. The highest BCUT2D eigenvalue weighted by molar-refractivity contribution is 8.26. The van der Waals surface area contributed by atoms with Crippen molar-refractivity contribution in [1.29, 1.82) is 0 Å². The Labute approximate surface area is 179 Å². The van der Waals surface area contributed by atoms with Crippen molar-refractivity contribution in [2.75, 3.05) is 19.7 Å². The van der Waals surface area contributed by atoms with E-state index in [1.807, 2.05) is 23.1 Å². The number of likely N-dealkylation sites (tertiary alicyclic amines) is 1. The van der Waals surface area contributed by atoms with Gasteiger partial charge in [-0.25, -0.2) is 0 Å². The van der Waals surface area contributed by atoms with Gasteiger partial charge in [0.2, 0.25) is 5.91 Å². The molecule has 0 spiro atoms. The number of thiocarbonyl (C=S) groups is 1. The van der Waals surface area contributed by atoms with Gasteiger partial charge in [0.1, 0.15) is 4.32 Å². The van der Waals surface area contributed by atoms with Gasteiger partial charge in [0.05, 0.1) is 4.91 Å². The molecule has 28 heavy (non-hydrogen) atoms. The summed E-state index contributed by atoms with van der Waals surface area (Å²) >= 11 is 12.8. The van der Waals surface area contributed by atoms with Crippen LogP contribution in [0.3, 0.4) is 0 Å². The molecule has 2 amide bonds. The number of halogens is 1. The Morgan fingerprint density at radius 2 is 2.14 bits per heavy atom. The molecular weight excluding hydrogens is 416 g/mol. The second-order valence-electron chi connectivity index (χ2n) is 6.85. The largest absolute Gasteiger partial charge is 0.396 e. The van der Waals surface area contributed by atoms with Crippen LogP contribution in [0, 0.1) is 0 Å². The topological polar surface area (TPSA) is 60.9 Å². The number of nitrogens with zero attached hydrogens (tertiary/aromatic N) is 2. The number of hydrogen-bond donors (Lipinski definition) is 1. The van der Waals surface area contributed by atoms with Gasteiger partial charge in [0.25, 0.3) is 5.91 Å². The number of thioether (sulfide) groups is 1. The Balaban J connectivity index is 1.63. The van der Waals surface area contributed by atoms with E-state index in [1.165, 1.54) is 16.7 Å². The fourth-order valence-corrected chi connectivity index (χ4v) is 5.05. The molecule has 2 saturated heterocycles. The monoisotopic (exact) mass is 438 g/mol. The number of aliphatic hydroxyl groups is 1. The van der Waals surface area contributed by atoms with Gasteiger partial charge in [0, 0.05) is 37.2 Å². The minimum absolute atomic E-state index is 0.0160. The van der Waals surface area contributed by atoms with Crippen LogP contribution in [0.4, 0.5) is 0 Å². The van der Waals surface area contributed by atoms with Gasteiger partial charge < -0.3 is 10.0 Å². The van der Waals surface area contributed by atoms with E-state index in [0.717, 1.165) is 24.8 Å². The van der Waals surface area contributed by atoms with E-state index < -0.39 is 0 Å². The number of amides is 2. The summed E-state index contributed by atoms with van der Waals surface area (Å²) < 4.78 is 0.460. The van der Waals surface area contributed by atoms with Crippen LogP contribution in [-0.4, -0.2) is 56.8 Å². The number of aliphatic hydroxyl groups excluding tert-OH is 1. The average molecular weight is 439 g/mol. The van der Waals surface area contributed by atoms with Crippen LogP contribution < -0.4 is 0 Å². The average Bonchev–Trinajstić information content (AvgIpc) is 2.95. The van der Waals surface area contributed by atoms with E-state index in [1.54, 1.807) is 12.1 Å². The second-order valence-corrected chi connectivity index (χ2v) is 8.94. The normalized spacial score (nSPS) is 21.6. The molecule has 2 fully saturated rings. The Morgan fingerprint density at radius 3 is 2.89 bits per heavy atom. The van der Waals surface area contributed by atoms with Gasteiger partial charge in [-0.05, 0) is 43.4 Å². The molecule has 0 unspecified atom stereocenters. The Hall–Kier alpha value is -1.41. The van der Waals surface area contributed by atoms with Crippen molar-refractivity contribution < 1.29 is 14.7 Å². The lowest BCUT2D eigenvalue weighted by Crippen LogP contribution is -2.45. The van der Waals surface area contributed by atoms with Crippen molar-refractivity contribution in [1.82, 2.24) is 9.80 Å². The molecule has 1 atom stereocenters. The lowest BCUT2D eigenvalue weighted by molar-refractivity contribution is -0.135. The third-order valence-corrected chi connectivity index (χ3v) is 6.75. The molecule has 1 aromatic carbocycles. The molecular formula is C20H23ClN2O3S2. The lowest BCUT2D eigenvalue weighted by Gasteiger charge is -2.36. The lowest BCUT2D eigenvalue weighted by atomic mass is 9.99. The summed E-state index contributed by atoms with van der Waals surface area (Å²) in [5, 5.41) is 9.81. The van der Waals surface area contributed by atoms with Crippen LogP contribution in [0.15, 0.2) is 29.2 Å². The fraction of sp³-hybridized carbons (Fsp3) is 0.450. The maximum Gasteiger partial charge on any atom is 0.266 e. The van der Waals surface area contributed by atoms with Crippen molar-refractivity contribution in [3.8, 4) is 0 Å². The summed E-state index contributed by atoms with van der Waals surface area (Å²) in [5.74, 6) is -0.171. The molecule has 2 aliphatic heterocycles. The Kier molecular flexibility index (Phi) is 7.51. The molecule has 5 nitrogen and oxygen atoms in total. The van der Waals surface area contributed by atoms with Crippen molar-refractivity contribution in [3.63, 3.8) is 0 Å². The molecule has 150 valence electrons. The molecule has 2 heterocycles. The summed E-state index contributed by atoms with van der Waals surface area (Å²) in [4.78, 5) is 29.3. The summed E-state index contributed by atoms with van der Waals surface area (Å²) in [6, 6.07) is 7.40. The van der Waals surface area contributed by atoms with E-state index in [-0.39, 0.29) is 37.4 Å². The van der Waals surface area contributed by atoms with Crippen molar-refractivity contribution in [2.45, 2.75) is 38.1 Å². The molecule has 8 heteroatoms. The molecule has 1 N–H and O–H groups in total. The summed E-state index contributed by atoms with van der Waals surface area (Å²) in [6.07, 6.45) is 5.56. The fourth-order valence-electron chi connectivity index (χ4n) is 3.56. The maximum absolute atomic E-state index is 12.7. The SMILES string of the molecule is O=C1/C(=C\c2ccccc2Cl)SC(=S)N1CCC(=O)N1CCCC[C@@H]1CCO. The van der Waals surface area contributed by atoms with Crippen LogP contribution in [0.2, 0.25) is 5.02 Å². The third kappa shape index (κ3) is 4.95. The molecule has 3 rings (SSSR count). The first-order chi connectivity index (χ1) is 13.5. The van der Waals surface area contributed by atoms with Gasteiger partial charge in [-0.3, -0.25) is 14.5 Å². The first-order valence-corrected chi connectivity index (χ1v) is 11.0. The zero-order valence-electron chi connectivity index (χ0n) is 15.5. The highest BCUT2D eigenvalue weighted by Crippen LogP contribution is 2.34. The zero-order valence-corrected chi connectivity index (χ0v) is 17.9. The quantitative estimate of drug-likeness (QED) is 0.542. The van der Waals surface area contributed by atoms with E-state index in [4.69, 9.17) is 23.8 Å². The predicted octanol–water partition coefficient (Wildman–Crippen LogP) is 3.69. The Bertz CT molecular complexity index is 797. The third-order valence-electron chi connectivity index (χ3n) is 5.02. The van der Waals surface area contributed by atoms with E-state index in [9.17, 15) is 14.7 Å². The van der Waals surface area contributed by atoms with Crippen LogP contribution in [0.5, 0.6) is 0 Å². The highest BCUT2D eigenvalue weighted by atomic mass is 35.5. The molecule has 0 bridgehead atoms. The number of hydrogen-bond acceptors (Lipinski definition) is 5. The minimum atomic E-state index is -0.187. The molecule has 1 aromatic rings. The molecule has 0 aliphatic carbocycles. The van der Waals surface area contributed by atoms with E-state index >= 15 is 0 Å². The summed E-state index contributed by atoms with van der Waals surface area (Å²) in [5.41, 5.74) is 0.765. The van der Waals surface area contributed by atoms with Crippen LogP contribution in [0.1, 0.15) is 37.7 Å². The number of carbonyl (C=O) groups is 2. The number of carbonyl (C=O) groups excluding carboxylic acids is 2. The standard InChI is InChI=1S/C20H23ClN2O3S2/c21-16-7-2-1-5-14(16)13-17-19(26)23(20(27)28-17)11-8-18(25)22-10-4-3-6-15(22)9-12-24/h1-2,5,7,13,15,24H,3-4,6,8-12H2/b17-13+/t15-/m1/s1. The van der Waals surface area contributed by atoms with Gasteiger partial charge in [-0.2, -0.15) is 0 Å². The predicted molar refractivity (Wildman–Crippen MR) is 117 cm³/mol. The van der Waals surface area contributed by atoms with Crippen LogP contribution in [0.25, 0.3) is 6.08 Å². The van der Waals surface area contributed by atoms with Crippen molar-refractivity contribution in [2.24, 2.45) is 0 Å². The van der Waals surface area contributed by atoms with Crippen molar-refractivity contribution >= 4 is 57.8 Å². The zero-order chi connectivity index (χ0) is 20.1. The highest BCUT2D eigenvalue weighted by Gasteiger charge is 2.33. The van der Waals surface area contributed by atoms with Gasteiger partial charge >= 0.3 is 0 Å². The molecule has 0 saturated carbocycles. The summed E-state index contributed by atoms with van der Waals surface area (Å²) in [6.45, 7) is 1.07. The maximum atomic E-state index is 12.7. The smallest absolute Gasteiger partial charge is 0.266 e. The van der Waals surface area contributed by atoms with E-state index in [0.29, 0.717) is 27.2 Å². The van der Waals surface area contributed by atoms with Gasteiger partial charge in [-0.15, -0.1) is 0 Å². The first kappa shape index (κ1) is 21.3. The number of benzene rings is 1. The van der Waals surface area contributed by atoms with Gasteiger partial charge in [0.15, 0.2) is 0 Å².